The Morgan fingerprint density at radius 2 is 1.16 bits per heavy atom. The Kier molecular flexibility index (Phi) is 6.27. The third-order valence-electron chi connectivity index (χ3n) is 4.94. The predicted octanol–water partition coefficient (Wildman–Crippen LogP) is 6.57. The maximum Gasteiger partial charge on any atom is 0.0730 e. The van der Waals surface area contributed by atoms with Crippen LogP contribution < -0.4 is 4.90 Å². The third-order valence-corrected chi connectivity index (χ3v) is 4.94. The van der Waals surface area contributed by atoms with E-state index in [0.717, 1.165) is 24.1 Å². The molecule has 0 N–H and O–H groups in total. The summed E-state index contributed by atoms with van der Waals surface area (Å²) in [4.78, 5) is 7.51. The lowest BCUT2D eigenvalue weighted by molar-refractivity contribution is 0.639. The van der Waals surface area contributed by atoms with E-state index in [1.54, 1.807) is 0 Å². The SMILES string of the molecule is CCCCCN(CCCCC)c1c2ccccc2nc2ccccc12. The van der Waals surface area contributed by atoms with E-state index in [4.69, 9.17) is 4.98 Å². The molecule has 0 aliphatic rings. The lowest BCUT2D eigenvalue weighted by atomic mass is 10.1. The molecule has 0 atom stereocenters. The molecule has 0 saturated carbocycles. The molecule has 1 aromatic heterocycles. The number of fused-ring (bicyclic) bond motifs is 2. The van der Waals surface area contributed by atoms with Gasteiger partial charge in [0.15, 0.2) is 0 Å². The number of para-hydroxylation sites is 2. The number of pyridine rings is 1. The van der Waals surface area contributed by atoms with Gasteiger partial charge in [0, 0.05) is 23.9 Å². The van der Waals surface area contributed by atoms with Crippen LogP contribution in [0.2, 0.25) is 0 Å². The predicted molar refractivity (Wildman–Crippen MR) is 111 cm³/mol. The van der Waals surface area contributed by atoms with Crippen molar-refractivity contribution in [2.45, 2.75) is 52.4 Å². The fourth-order valence-electron chi connectivity index (χ4n) is 3.60. The molecule has 3 rings (SSSR count). The molecule has 1 heterocycles. The molecule has 0 amide bonds. The van der Waals surface area contributed by atoms with Crippen LogP contribution in [0.5, 0.6) is 0 Å². The number of rotatable bonds is 9. The molecule has 2 nitrogen and oxygen atoms in total. The summed E-state index contributed by atoms with van der Waals surface area (Å²) in [7, 11) is 0. The number of aromatic nitrogens is 1. The van der Waals surface area contributed by atoms with E-state index in [0.29, 0.717) is 0 Å². The van der Waals surface area contributed by atoms with Crippen molar-refractivity contribution in [2.24, 2.45) is 0 Å². The van der Waals surface area contributed by atoms with Crippen molar-refractivity contribution in [1.29, 1.82) is 0 Å². The van der Waals surface area contributed by atoms with Gasteiger partial charge in [0.1, 0.15) is 0 Å². The van der Waals surface area contributed by atoms with Gasteiger partial charge in [-0.1, -0.05) is 75.9 Å². The minimum Gasteiger partial charge on any atom is -0.370 e. The second kappa shape index (κ2) is 8.84. The van der Waals surface area contributed by atoms with E-state index < -0.39 is 0 Å². The molecule has 132 valence electrons. The summed E-state index contributed by atoms with van der Waals surface area (Å²) in [6.07, 6.45) is 7.64. The van der Waals surface area contributed by atoms with E-state index in [1.165, 1.54) is 55.0 Å². The molecule has 0 bridgehead atoms. The molecular formula is C23H30N2. The van der Waals surface area contributed by atoms with Crippen LogP contribution in [0.3, 0.4) is 0 Å². The summed E-state index contributed by atoms with van der Waals surface area (Å²) in [5, 5.41) is 2.57. The smallest absolute Gasteiger partial charge is 0.0730 e. The monoisotopic (exact) mass is 334 g/mol. The van der Waals surface area contributed by atoms with Gasteiger partial charge in [-0.15, -0.1) is 0 Å². The Labute approximate surface area is 151 Å². The first kappa shape index (κ1) is 17.7. The normalized spacial score (nSPS) is 11.3. The summed E-state index contributed by atoms with van der Waals surface area (Å²) >= 11 is 0. The maximum absolute atomic E-state index is 4.89. The van der Waals surface area contributed by atoms with E-state index in [9.17, 15) is 0 Å². The van der Waals surface area contributed by atoms with Crippen LogP contribution in [0.25, 0.3) is 21.8 Å². The standard InChI is InChI=1S/C23H30N2/c1-3-5-11-17-25(18-12-6-4-2)23-19-13-7-9-15-21(19)24-22-16-10-8-14-20(22)23/h7-10,13-16H,3-6,11-12,17-18H2,1-2H3. The summed E-state index contributed by atoms with van der Waals surface area (Å²) in [5.74, 6) is 0. The van der Waals surface area contributed by atoms with Gasteiger partial charge in [-0.3, -0.25) is 0 Å². The fourth-order valence-corrected chi connectivity index (χ4v) is 3.60. The summed E-state index contributed by atoms with van der Waals surface area (Å²) in [6.45, 7) is 6.82. The van der Waals surface area contributed by atoms with Crippen LogP contribution in [0.15, 0.2) is 48.5 Å². The van der Waals surface area contributed by atoms with Gasteiger partial charge in [-0.05, 0) is 25.0 Å². The average Bonchev–Trinajstić information content (AvgIpc) is 2.65. The first-order valence-corrected chi connectivity index (χ1v) is 9.87. The molecule has 0 aliphatic heterocycles. The molecule has 25 heavy (non-hydrogen) atoms. The van der Waals surface area contributed by atoms with E-state index >= 15 is 0 Å². The van der Waals surface area contributed by atoms with Crippen LogP contribution in [0.1, 0.15) is 52.4 Å². The molecule has 0 spiro atoms. The summed E-state index contributed by atoms with van der Waals surface area (Å²) in [6, 6.07) is 17.2. The first-order valence-electron chi connectivity index (χ1n) is 9.87. The highest BCUT2D eigenvalue weighted by Crippen LogP contribution is 2.34. The molecule has 0 fully saturated rings. The van der Waals surface area contributed by atoms with Crippen molar-refractivity contribution in [1.82, 2.24) is 4.98 Å². The number of hydrogen-bond donors (Lipinski definition) is 0. The second-order valence-electron chi connectivity index (χ2n) is 6.90. The zero-order valence-electron chi connectivity index (χ0n) is 15.7. The van der Waals surface area contributed by atoms with Crippen LogP contribution in [0, 0.1) is 0 Å². The van der Waals surface area contributed by atoms with Crippen molar-refractivity contribution < 1.29 is 0 Å². The maximum atomic E-state index is 4.89. The third kappa shape index (κ3) is 4.12. The Morgan fingerprint density at radius 1 is 0.680 bits per heavy atom. The average molecular weight is 335 g/mol. The highest BCUT2D eigenvalue weighted by Gasteiger charge is 2.15. The lowest BCUT2D eigenvalue weighted by Crippen LogP contribution is -2.26. The molecule has 0 radical (unpaired) electrons. The lowest BCUT2D eigenvalue weighted by Gasteiger charge is -2.28. The first-order chi connectivity index (χ1) is 12.3. The topological polar surface area (TPSA) is 16.1 Å². The Hall–Kier alpha value is -2.09. The van der Waals surface area contributed by atoms with E-state index in [2.05, 4.69) is 67.3 Å². The minimum atomic E-state index is 1.10. The van der Waals surface area contributed by atoms with Crippen molar-refractivity contribution in [3.8, 4) is 0 Å². The zero-order chi connectivity index (χ0) is 17.5. The fraction of sp³-hybridized carbons (Fsp3) is 0.435. The highest BCUT2D eigenvalue weighted by molar-refractivity contribution is 6.07. The van der Waals surface area contributed by atoms with E-state index in [1.807, 2.05) is 0 Å². The van der Waals surface area contributed by atoms with Crippen LogP contribution in [0.4, 0.5) is 5.69 Å². The summed E-state index contributed by atoms with van der Waals surface area (Å²) < 4.78 is 0. The van der Waals surface area contributed by atoms with E-state index in [-0.39, 0.29) is 0 Å². The summed E-state index contributed by atoms with van der Waals surface area (Å²) in [5.41, 5.74) is 3.59. The minimum absolute atomic E-state index is 1.10. The zero-order valence-corrected chi connectivity index (χ0v) is 15.7. The van der Waals surface area contributed by atoms with Crippen LogP contribution in [-0.2, 0) is 0 Å². The van der Waals surface area contributed by atoms with Crippen molar-refractivity contribution >= 4 is 27.5 Å². The molecule has 2 heteroatoms. The van der Waals surface area contributed by atoms with Gasteiger partial charge in [-0.25, -0.2) is 4.98 Å². The Morgan fingerprint density at radius 3 is 1.64 bits per heavy atom. The second-order valence-corrected chi connectivity index (χ2v) is 6.90. The molecular weight excluding hydrogens is 304 g/mol. The Balaban J connectivity index is 2.08. The highest BCUT2D eigenvalue weighted by atomic mass is 15.1. The largest absolute Gasteiger partial charge is 0.370 e. The molecule has 0 unspecified atom stereocenters. The quantitative estimate of drug-likeness (QED) is 0.325. The van der Waals surface area contributed by atoms with Crippen LogP contribution in [-0.4, -0.2) is 18.1 Å². The molecule has 0 saturated heterocycles. The van der Waals surface area contributed by atoms with Gasteiger partial charge in [0.2, 0.25) is 0 Å². The van der Waals surface area contributed by atoms with Gasteiger partial charge < -0.3 is 4.90 Å². The number of benzene rings is 2. The number of unbranched alkanes of at least 4 members (excludes halogenated alkanes) is 4. The van der Waals surface area contributed by atoms with Gasteiger partial charge in [-0.2, -0.15) is 0 Å². The number of hydrogen-bond acceptors (Lipinski definition) is 2. The number of anilines is 1. The van der Waals surface area contributed by atoms with Crippen molar-refractivity contribution in [2.75, 3.05) is 18.0 Å². The van der Waals surface area contributed by atoms with Gasteiger partial charge >= 0.3 is 0 Å². The van der Waals surface area contributed by atoms with Crippen LogP contribution >= 0.6 is 0 Å². The molecule has 0 aliphatic carbocycles. The van der Waals surface area contributed by atoms with Gasteiger partial charge in [0.25, 0.3) is 0 Å². The van der Waals surface area contributed by atoms with Gasteiger partial charge in [0.05, 0.1) is 16.7 Å². The molecule has 3 aromatic rings. The van der Waals surface area contributed by atoms with Crippen molar-refractivity contribution in [3.05, 3.63) is 48.5 Å². The number of nitrogens with zero attached hydrogens (tertiary/aromatic N) is 2. The molecule has 2 aromatic carbocycles. The Bertz CT molecular complexity index is 745. The van der Waals surface area contributed by atoms with Crippen molar-refractivity contribution in [3.63, 3.8) is 0 Å².